The Morgan fingerprint density at radius 1 is 0.970 bits per heavy atom. The van der Waals surface area contributed by atoms with Gasteiger partial charge in [0, 0.05) is 31.2 Å². The lowest BCUT2D eigenvalue weighted by Crippen LogP contribution is -2.43. The number of ether oxygens (including phenoxy) is 1. The largest absolute Gasteiger partial charge is 0.383 e. The van der Waals surface area contributed by atoms with Crippen molar-refractivity contribution in [1.82, 2.24) is 9.80 Å². The maximum absolute atomic E-state index is 13.3. The van der Waals surface area contributed by atoms with Crippen molar-refractivity contribution >= 4 is 29.2 Å². The van der Waals surface area contributed by atoms with Gasteiger partial charge in [0.1, 0.15) is 12.4 Å². The first-order valence-electron chi connectivity index (χ1n) is 10.6. The highest BCUT2D eigenvalue weighted by molar-refractivity contribution is 7.09. The first-order chi connectivity index (χ1) is 16.0. The predicted octanol–water partition coefficient (Wildman–Crippen LogP) is 4.60. The first-order valence-corrected chi connectivity index (χ1v) is 11.5. The summed E-state index contributed by atoms with van der Waals surface area (Å²) in [5.41, 5.74) is 1.72. The van der Waals surface area contributed by atoms with Crippen molar-refractivity contribution in [2.75, 3.05) is 26.8 Å². The van der Waals surface area contributed by atoms with Gasteiger partial charge in [0.15, 0.2) is 0 Å². The van der Waals surface area contributed by atoms with Gasteiger partial charge in [-0.1, -0.05) is 48.5 Å². The van der Waals surface area contributed by atoms with Crippen LogP contribution in [0.4, 0.5) is 4.39 Å². The number of benzene rings is 2. The van der Waals surface area contributed by atoms with Gasteiger partial charge in [0.2, 0.25) is 11.8 Å². The number of nitrogens with zero attached hydrogens (tertiary/aromatic N) is 2. The monoisotopic (exact) mass is 466 g/mol. The van der Waals surface area contributed by atoms with E-state index in [9.17, 15) is 14.0 Å². The van der Waals surface area contributed by atoms with E-state index in [1.807, 2.05) is 47.8 Å². The Morgan fingerprint density at radius 3 is 2.39 bits per heavy atom. The van der Waals surface area contributed by atoms with E-state index in [0.29, 0.717) is 26.2 Å². The Balaban J connectivity index is 1.74. The minimum atomic E-state index is -0.323. The van der Waals surface area contributed by atoms with Crippen LogP contribution in [-0.2, 0) is 27.4 Å². The van der Waals surface area contributed by atoms with E-state index >= 15 is 0 Å². The molecule has 2 amide bonds. The van der Waals surface area contributed by atoms with Gasteiger partial charge in [0.05, 0.1) is 13.2 Å². The summed E-state index contributed by atoms with van der Waals surface area (Å²) in [6.07, 6.45) is 3.20. The minimum Gasteiger partial charge on any atom is -0.383 e. The molecule has 0 N–H and O–H groups in total. The average molecular weight is 467 g/mol. The van der Waals surface area contributed by atoms with Crippen LogP contribution < -0.4 is 0 Å². The van der Waals surface area contributed by atoms with Crippen molar-refractivity contribution in [2.24, 2.45) is 0 Å². The van der Waals surface area contributed by atoms with E-state index in [4.69, 9.17) is 4.74 Å². The molecule has 0 bridgehead atoms. The highest BCUT2D eigenvalue weighted by atomic mass is 32.1. The van der Waals surface area contributed by atoms with Crippen molar-refractivity contribution in [2.45, 2.75) is 13.1 Å². The standard InChI is InChI=1S/C26H27FN2O3S/c1-32-16-15-28(25(30)14-11-21-6-3-2-4-7-21)20-26(31)29(19-24-8-5-17-33-24)18-22-9-12-23(27)13-10-22/h2-14,17H,15-16,18-20H2,1H3/b14-11+. The van der Waals surface area contributed by atoms with E-state index < -0.39 is 0 Å². The molecule has 0 aliphatic rings. The number of hydrogen-bond donors (Lipinski definition) is 0. The van der Waals surface area contributed by atoms with Crippen molar-refractivity contribution < 1.29 is 18.7 Å². The molecule has 0 saturated carbocycles. The number of amides is 2. The maximum Gasteiger partial charge on any atom is 0.247 e. The lowest BCUT2D eigenvalue weighted by molar-refractivity contribution is -0.139. The van der Waals surface area contributed by atoms with E-state index in [-0.39, 0.29) is 24.2 Å². The number of halogens is 1. The highest BCUT2D eigenvalue weighted by Crippen LogP contribution is 2.16. The Labute approximate surface area is 197 Å². The second-order valence-electron chi connectivity index (χ2n) is 7.45. The second-order valence-corrected chi connectivity index (χ2v) is 8.48. The van der Waals surface area contributed by atoms with Gasteiger partial charge < -0.3 is 14.5 Å². The van der Waals surface area contributed by atoms with Gasteiger partial charge in [-0.3, -0.25) is 9.59 Å². The van der Waals surface area contributed by atoms with E-state index in [1.165, 1.54) is 23.1 Å². The zero-order valence-corrected chi connectivity index (χ0v) is 19.3. The molecule has 1 aromatic heterocycles. The molecule has 0 atom stereocenters. The van der Waals surface area contributed by atoms with Gasteiger partial charge >= 0.3 is 0 Å². The molecule has 7 heteroatoms. The summed E-state index contributed by atoms with van der Waals surface area (Å²) in [6, 6.07) is 19.5. The van der Waals surface area contributed by atoms with Crippen molar-refractivity contribution in [1.29, 1.82) is 0 Å². The quantitative estimate of drug-likeness (QED) is 0.388. The van der Waals surface area contributed by atoms with E-state index in [2.05, 4.69) is 0 Å². The van der Waals surface area contributed by atoms with Crippen LogP contribution in [0.25, 0.3) is 6.08 Å². The van der Waals surface area contributed by atoms with Gasteiger partial charge in [-0.05, 0) is 40.8 Å². The molecule has 0 aliphatic heterocycles. The number of carbonyl (C=O) groups excluding carboxylic acids is 2. The Hall–Kier alpha value is -3.29. The number of thiophene rings is 1. The summed E-state index contributed by atoms with van der Waals surface area (Å²) in [4.78, 5) is 30.4. The Kier molecular flexibility index (Phi) is 9.35. The van der Waals surface area contributed by atoms with E-state index in [1.54, 1.807) is 41.6 Å². The number of carbonyl (C=O) groups is 2. The molecule has 0 radical (unpaired) electrons. The molecule has 0 fully saturated rings. The van der Waals surface area contributed by atoms with Crippen LogP contribution in [0.3, 0.4) is 0 Å². The zero-order chi connectivity index (χ0) is 23.5. The molecule has 1 heterocycles. The third-order valence-corrected chi connectivity index (χ3v) is 5.85. The predicted molar refractivity (Wildman–Crippen MR) is 129 cm³/mol. The normalized spacial score (nSPS) is 11.0. The van der Waals surface area contributed by atoms with Gasteiger partial charge in [-0.25, -0.2) is 4.39 Å². The molecule has 3 rings (SSSR count). The summed E-state index contributed by atoms with van der Waals surface area (Å²) >= 11 is 1.56. The Morgan fingerprint density at radius 2 is 1.73 bits per heavy atom. The molecule has 172 valence electrons. The van der Waals surface area contributed by atoms with Crippen LogP contribution in [0.15, 0.2) is 78.2 Å². The molecule has 3 aromatic rings. The van der Waals surface area contributed by atoms with Crippen molar-refractivity contribution in [3.05, 3.63) is 100 Å². The first kappa shape index (κ1) is 24.4. The van der Waals surface area contributed by atoms with Crippen LogP contribution in [-0.4, -0.2) is 48.4 Å². The van der Waals surface area contributed by atoms with Gasteiger partial charge in [-0.15, -0.1) is 11.3 Å². The van der Waals surface area contributed by atoms with E-state index in [0.717, 1.165) is 16.0 Å². The highest BCUT2D eigenvalue weighted by Gasteiger charge is 2.21. The van der Waals surface area contributed by atoms with Gasteiger partial charge in [0.25, 0.3) is 0 Å². The number of methoxy groups -OCH3 is 1. The van der Waals surface area contributed by atoms with Crippen LogP contribution in [0.1, 0.15) is 16.0 Å². The third kappa shape index (κ3) is 7.97. The number of rotatable bonds is 11. The number of hydrogen-bond acceptors (Lipinski definition) is 4. The smallest absolute Gasteiger partial charge is 0.247 e. The molecule has 0 saturated heterocycles. The lowest BCUT2D eigenvalue weighted by atomic mass is 10.2. The minimum absolute atomic E-state index is 0.0755. The van der Waals surface area contributed by atoms with Gasteiger partial charge in [-0.2, -0.15) is 0 Å². The SMILES string of the molecule is COCCN(CC(=O)N(Cc1ccc(F)cc1)Cc1cccs1)C(=O)/C=C/c1ccccc1. The second kappa shape index (κ2) is 12.7. The summed E-state index contributed by atoms with van der Waals surface area (Å²) in [5.74, 6) is -0.774. The fourth-order valence-electron chi connectivity index (χ4n) is 3.20. The molecular weight excluding hydrogens is 439 g/mol. The summed E-state index contributed by atoms with van der Waals surface area (Å²) < 4.78 is 18.5. The fraction of sp³-hybridized carbons (Fsp3) is 0.231. The molecule has 0 spiro atoms. The molecule has 2 aromatic carbocycles. The zero-order valence-electron chi connectivity index (χ0n) is 18.5. The third-order valence-electron chi connectivity index (χ3n) is 4.99. The van der Waals surface area contributed by atoms with Crippen molar-refractivity contribution in [3.63, 3.8) is 0 Å². The maximum atomic E-state index is 13.3. The van der Waals surface area contributed by atoms with Crippen LogP contribution >= 0.6 is 11.3 Å². The summed E-state index contributed by atoms with van der Waals surface area (Å²) in [6.45, 7) is 1.28. The lowest BCUT2D eigenvalue weighted by Gasteiger charge is -2.27. The molecule has 5 nitrogen and oxygen atoms in total. The molecule has 33 heavy (non-hydrogen) atoms. The molecule has 0 unspecified atom stereocenters. The topological polar surface area (TPSA) is 49.9 Å². The average Bonchev–Trinajstić information content (AvgIpc) is 3.35. The van der Waals surface area contributed by atoms with Crippen LogP contribution in [0.2, 0.25) is 0 Å². The molecule has 0 aliphatic carbocycles. The summed E-state index contributed by atoms with van der Waals surface area (Å²) in [5, 5.41) is 1.96. The van der Waals surface area contributed by atoms with Crippen molar-refractivity contribution in [3.8, 4) is 0 Å². The van der Waals surface area contributed by atoms with Crippen LogP contribution in [0.5, 0.6) is 0 Å². The molecular formula is C26H27FN2O3S. The summed E-state index contributed by atoms with van der Waals surface area (Å²) in [7, 11) is 1.56. The fourth-order valence-corrected chi connectivity index (χ4v) is 3.92. The van der Waals surface area contributed by atoms with Crippen LogP contribution in [0, 0.1) is 5.82 Å². The Bertz CT molecular complexity index is 1040.